The van der Waals surface area contributed by atoms with Crippen LogP contribution in [0, 0.1) is 17.2 Å². The summed E-state index contributed by atoms with van der Waals surface area (Å²) >= 11 is 0. The Bertz CT molecular complexity index is 424. The van der Waals surface area contributed by atoms with Crippen LogP contribution in [0.15, 0.2) is 18.3 Å². The SMILES string of the molecule is CC1CCC(CN)CN1c1cc(C#N)ccn1. The molecule has 0 saturated carbocycles. The summed E-state index contributed by atoms with van der Waals surface area (Å²) in [4.78, 5) is 6.63. The van der Waals surface area contributed by atoms with E-state index in [0.29, 0.717) is 17.5 Å². The Labute approximate surface area is 102 Å². The van der Waals surface area contributed by atoms with Gasteiger partial charge in [-0.15, -0.1) is 0 Å². The summed E-state index contributed by atoms with van der Waals surface area (Å²) in [6, 6.07) is 6.22. The molecule has 0 bridgehead atoms. The Kier molecular flexibility index (Phi) is 3.60. The number of rotatable bonds is 2. The molecule has 4 heteroatoms. The number of piperidine rings is 1. The number of pyridine rings is 1. The maximum atomic E-state index is 8.91. The van der Waals surface area contributed by atoms with Crippen LogP contribution in [0.4, 0.5) is 5.82 Å². The first-order valence-corrected chi connectivity index (χ1v) is 6.07. The van der Waals surface area contributed by atoms with Crippen molar-refractivity contribution < 1.29 is 0 Å². The van der Waals surface area contributed by atoms with E-state index < -0.39 is 0 Å². The molecule has 2 rings (SSSR count). The third-order valence-corrected chi connectivity index (χ3v) is 3.48. The topological polar surface area (TPSA) is 65.9 Å². The van der Waals surface area contributed by atoms with Crippen LogP contribution in [0.1, 0.15) is 25.3 Å². The zero-order valence-corrected chi connectivity index (χ0v) is 10.1. The van der Waals surface area contributed by atoms with Gasteiger partial charge < -0.3 is 10.6 Å². The number of aromatic nitrogens is 1. The van der Waals surface area contributed by atoms with E-state index in [4.69, 9.17) is 11.0 Å². The molecule has 0 radical (unpaired) electrons. The lowest BCUT2D eigenvalue weighted by Gasteiger charge is -2.38. The van der Waals surface area contributed by atoms with Gasteiger partial charge in [0.25, 0.3) is 0 Å². The van der Waals surface area contributed by atoms with E-state index in [-0.39, 0.29) is 0 Å². The monoisotopic (exact) mass is 230 g/mol. The minimum Gasteiger partial charge on any atom is -0.354 e. The number of nitrogens with zero attached hydrogens (tertiary/aromatic N) is 3. The first-order valence-electron chi connectivity index (χ1n) is 6.07. The molecule has 4 nitrogen and oxygen atoms in total. The quantitative estimate of drug-likeness (QED) is 0.836. The highest BCUT2D eigenvalue weighted by atomic mass is 15.2. The van der Waals surface area contributed by atoms with Gasteiger partial charge in [-0.2, -0.15) is 5.26 Å². The number of hydrogen-bond donors (Lipinski definition) is 1. The van der Waals surface area contributed by atoms with Gasteiger partial charge in [0.1, 0.15) is 5.82 Å². The molecule has 1 aromatic heterocycles. The van der Waals surface area contributed by atoms with Crippen LogP contribution in [-0.2, 0) is 0 Å². The van der Waals surface area contributed by atoms with Crippen LogP contribution < -0.4 is 10.6 Å². The first-order chi connectivity index (χ1) is 8.24. The van der Waals surface area contributed by atoms with Crippen molar-refractivity contribution in [3.8, 4) is 6.07 Å². The highest BCUT2D eigenvalue weighted by Crippen LogP contribution is 2.26. The summed E-state index contributed by atoms with van der Waals surface area (Å²) in [6.45, 7) is 3.87. The number of anilines is 1. The fourth-order valence-electron chi connectivity index (χ4n) is 2.34. The van der Waals surface area contributed by atoms with Gasteiger partial charge >= 0.3 is 0 Å². The summed E-state index contributed by atoms with van der Waals surface area (Å²) < 4.78 is 0. The molecule has 1 fully saturated rings. The van der Waals surface area contributed by atoms with E-state index in [1.807, 2.05) is 6.07 Å². The number of nitriles is 1. The van der Waals surface area contributed by atoms with E-state index in [1.165, 1.54) is 6.42 Å². The van der Waals surface area contributed by atoms with E-state index >= 15 is 0 Å². The fourth-order valence-corrected chi connectivity index (χ4v) is 2.34. The molecule has 0 aliphatic carbocycles. The summed E-state index contributed by atoms with van der Waals surface area (Å²) in [5.41, 5.74) is 6.41. The molecule has 17 heavy (non-hydrogen) atoms. The van der Waals surface area contributed by atoms with Crippen LogP contribution in [0.2, 0.25) is 0 Å². The summed E-state index contributed by atoms with van der Waals surface area (Å²) in [7, 11) is 0. The zero-order valence-electron chi connectivity index (χ0n) is 10.1. The molecule has 1 aliphatic heterocycles. The minimum absolute atomic E-state index is 0.472. The Balaban J connectivity index is 2.21. The standard InChI is InChI=1S/C13H18N4/c1-10-2-3-12(8-15)9-17(10)13-6-11(7-14)4-5-16-13/h4-6,10,12H,2-3,8-9,15H2,1H3. The van der Waals surface area contributed by atoms with Gasteiger partial charge in [0, 0.05) is 18.8 Å². The molecule has 0 amide bonds. The van der Waals surface area contributed by atoms with E-state index in [9.17, 15) is 0 Å². The Hall–Kier alpha value is -1.60. The molecule has 1 aromatic rings. The Morgan fingerprint density at radius 2 is 2.41 bits per heavy atom. The second-order valence-corrected chi connectivity index (χ2v) is 4.69. The van der Waals surface area contributed by atoms with Crippen LogP contribution in [0.25, 0.3) is 0 Å². The van der Waals surface area contributed by atoms with Crippen LogP contribution in [0.3, 0.4) is 0 Å². The fraction of sp³-hybridized carbons (Fsp3) is 0.538. The molecule has 2 heterocycles. The van der Waals surface area contributed by atoms with Crippen molar-refractivity contribution >= 4 is 5.82 Å². The summed E-state index contributed by atoms with van der Waals surface area (Å²) in [6.07, 6.45) is 4.03. The van der Waals surface area contributed by atoms with E-state index in [1.54, 1.807) is 12.3 Å². The number of hydrogen-bond acceptors (Lipinski definition) is 4. The molecule has 2 atom stereocenters. The van der Waals surface area contributed by atoms with Gasteiger partial charge in [0.05, 0.1) is 11.6 Å². The largest absolute Gasteiger partial charge is 0.354 e. The van der Waals surface area contributed by atoms with Crippen molar-refractivity contribution in [3.05, 3.63) is 23.9 Å². The zero-order chi connectivity index (χ0) is 12.3. The van der Waals surface area contributed by atoms with Crippen LogP contribution >= 0.6 is 0 Å². The molecule has 1 aliphatic rings. The van der Waals surface area contributed by atoms with Crippen molar-refractivity contribution in [1.29, 1.82) is 5.26 Å². The first kappa shape index (κ1) is 11.9. The lowest BCUT2D eigenvalue weighted by molar-refractivity contribution is 0.372. The average Bonchev–Trinajstić information content (AvgIpc) is 2.39. The highest BCUT2D eigenvalue weighted by molar-refractivity contribution is 5.46. The van der Waals surface area contributed by atoms with Crippen LogP contribution in [0.5, 0.6) is 0 Å². The Morgan fingerprint density at radius 3 is 3.12 bits per heavy atom. The molecule has 2 unspecified atom stereocenters. The van der Waals surface area contributed by atoms with Gasteiger partial charge in [0.2, 0.25) is 0 Å². The molecule has 0 spiro atoms. The maximum Gasteiger partial charge on any atom is 0.130 e. The normalized spacial score (nSPS) is 24.4. The molecule has 1 saturated heterocycles. The smallest absolute Gasteiger partial charge is 0.130 e. The van der Waals surface area contributed by atoms with Gasteiger partial charge in [-0.1, -0.05) is 0 Å². The summed E-state index contributed by atoms with van der Waals surface area (Å²) in [5, 5.41) is 8.91. The predicted molar refractivity (Wildman–Crippen MR) is 67.5 cm³/mol. The van der Waals surface area contributed by atoms with Crippen molar-refractivity contribution in [2.24, 2.45) is 11.7 Å². The van der Waals surface area contributed by atoms with Crippen molar-refractivity contribution in [2.45, 2.75) is 25.8 Å². The van der Waals surface area contributed by atoms with Gasteiger partial charge in [-0.3, -0.25) is 0 Å². The number of nitrogens with two attached hydrogens (primary N) is 1. The van der Waals surface area contributed by atoms with E-state index in [0.717, 1.165) is 25.3 Å². The van der Waals surface area contributed by atoms with Crippen molar-refractivity contribution in [1.82, 2.24) is 4.98 Å². The van der Waals surface area contributed by atoms with Gasteiger partial charge in [0.15, 0.2) is 0 Å². The van der Waals surface area contributed by atoms with Gasteiger partial charge in [-0.05, 0) is 44.4 Å². The maximum absolute atomic E-state index is 8.91. The molecule has 90 valence electrons. The molecule has 0 aromatic carbocycles. The lowest BCUT2D eigenvalue weighted by Crippen LogP contribution is -2.44. The third kappa shape index (κ3) is 2.56. The van der Waals surface area contributed by atoms with Crippen LogP contribution in [-0.4, -0.2) is 24.1 Å². The Morgan fingerprint density at radius 1 is 1.59 bits per heavy atom. The second-order valence-electron chi connectivity index (χ2n) is 4.69. The lowest BCUT2D eigenvalue weighted by atomic mass is 9.93. The second kappa shape index (κ2) is 5.15. The molecular formula is C13H18N4. The van der Waals surface area contributed by atoms with Crippen molar-refractivity contribution in [2.75, 3.05) is 18.0 Å². The minimum atomic E-state index is 0.472. The summed E-state index contributed by atoms with van der Waals surface area (Å²) in [5.74, 6) is 1.44. The predicted octanol–water partition coefficient (Wildman–Crippen LogP) is 1.52. The van der Waals surface area contributed by atoms with Gasteiger partial charge in [-0.25, -0.2) is 4.98 Å². The van der Waals surface area contributed by atoms with E-state index in [2.05, 4.69) is 22.9 Å². The third-order valence-electron chi connectivity index (χ3n) is 3.48. The molecule has 2 N–H and O–H groups in total. The highest BCUT2D eigenvalue weighted by Gasteiger charge is 2.25. The average molecular weight is 230 g/mol. The molecular weight excluding hydrogens is 212 g/mol. The van der Waals surface area contributed by atoms with Crippen molar-refractivity contribution in [3.63, 3.8) is 0 Å².